The Balaban J connectivity index is 1.61. The first-order valence-electron chi connectivity index (χ1n) is 9.61. The summed E-state index contributed by atoms with van der Waals surface area (Å²) in [6.45, 7) is 8.97. The van der Waals surface area contributed by atoms with Crippen LogP contribution in [0.15, 0.2) is 12.3 Å². The van der Waals surface area contributed by atoms with Gasteiger partial charge in [0.1, 0.15) is 0 Å². The van der Waals surface area contributed by atoms with E-state index in [2.05, 4.69) is 45.5 Å². The van der Waals surface area contributed by atoms with E-state index >= 15 is 0 Å². The molecule has 2 aromatic rings. The highest BCUT2D eigenvalue weighted by molar-refractivity contribution is 5.77. The Hall–Kier alpha value is -2.71. The fourth-order valence-electron chi connectivity index (χ4n) is 3.29. The lowest BCUT2D eigenvalue weighted by atomic mass is 9.92. The van der Waals surface area contributed by atoms with Crippen LogP contribution in [0.2, 0.25) is 0 Å². The van der Waals surface area contributed by atoms with Crippen LogP contribution in [0, 0.1) is 0 Å². The zero-order chi connectivity index (χ0) is 20.3. The average molecular weight is 388 g/mol. The fourth-order valence-corrected chi connectivity index (χ4v) is 3.29. The molecule has 0 aliphatic carbocycles. The Labute approximate surface area is 164 Å². The van der Waals surface area contributed by atoms with Crippen LogP contribution in [-0.2, 0) is 19.7 Å². The van der Waals surface area contributed by atoms with Gasteiger partial charge in [-0.2, -0.15) is 9.50 Å². The van der Waals surface area contributed by atoms with Crippen LogP contribution >= 0.6 is 0 Å². The lowest BCUT2D eigenvalue weighted by Crippen LogP contribution is -2.49. The molecule has 3 rings (SSSR count). The lowest BCUT2D eigenvalue weighted by molar-refractivity contribution is -0.140. The summed E-state index contributed by atoms with van der Waals surface area (Å²) in [5, 5.41) is 4.67. The lowest BCUT2D eigenvalue weighted by Gasteiger charge is -2.34. The van der Waals surface area contributed by atoms with Crippen molar-refractivity contribution in [3.8, 4) is 0 Å². The molecule has 0 aromatic carbocycles. The summed E-state index contributed by atoms with van der Waals surface area (Å²) in [5.74, 6) is 1.02. The summed E-state index contributed by atoms with van der Waals surface area (Å²) in [4.78, 5) is 36.3. The number of piperazine rings is 1. The van der Waals surface area contributed by atoms with Gasteiger partial charge in [0.15, 0.2) is 0 Å². The molecule has 9 nitrogen and oxygen atoms in total. The highest BCUT2D eigenvalue weighted by atomic mass is 16.5. The molecule has 1 amide bonds. The number of fused-ring (bicyclic) bond motifs is 1. The third-order valence-electron chi connectivity index (χ3n) is 4.91. The van der Waals surface area contributed by atoms with Gasteiger partial charge in [0.25, 0.3) is 5.78 Å². The predicted molar refractivity (Wildman–Crippen MR) is 104 cm³/mol. The maximum Gasteiger partial charge on any atom is 0.305 e. The number of esters is 1. The number of anilines is 1. The number of hydrogen-bond acceptors (Lipinski definition) is 7. The first-order valence-corrected chi connectivity index (χ1v) is 9.61. The highest BCUT2D eigenvalue weighted by Gasteiger charge is 2.25. The molecule has 0 N–H and O–H groups in total. The summed E-state index contributed by atoms with van der Waals surface area (Å²) < 4.78 is 6.41. The average Bonchev–Trinajstić information content (AvgIpc) is 3.11. The van der Waals surface area contributed by atoms with E-state index in [1.54, 1.807) is 10.7 Å². The van der Waals surface area contributed by atoms with Gasteiger partial charge in [0.05, 0.1) is 12.8 Å². The molecule has 0 saturated carbocycles. The maximum absolute atomic E-state index is 12.3. The first-order chi connectivity index (χ1) is 13.3. The molecule has 1 fully saturated rings. The van der Waals surface area contributed by atoms with E-state index in [4.69, 9.17) is 0 Å². The third-order valence-corrected chi connectivity index (χ3v) is 4.91. The van der Waals surface area contributed by atoms with Crippen molar-refractivity contribution >= 4 is 23.6 Å². The molecule has 0 radical (unpaired) electrons. The molecule has 9 heteroatoms. The Morgan fingerprint density at radius 1 is 1.14 bits per heavy atom. The van der Waals surface area contributed by atoms with Gasteiger partial charge in [-0.1, -0.05) is 20.8 Å². The quantitative estimate of drug-likeness (QED) is 0.715. The Bertz CT molecular complexity index is 849. The van der Waals surface area contributed by atoms with E-state index < -0.39 is 0 Å². The van der Waals surface area contributed by atoms with Gasteiger partial charge in [-0.15, -0.1) is 5.10 Å². The molecule has 0 spiro atoms. The largest absolute Gasteiger partial charge is 0.469 e. The number of carbonyl (C=O) groups is 2. The van der Waals surface area contributed by atoms with Crippen LogP contribution in [0.5, 0.6) is 0 Å². The molecule has 1 saturated heterocycles. The number of hydrogen-bond donors (Lipinski definition) is 0. The minimum atomic E-state index is -0.279. The number of methoxy groups -OCH3 is 1. The first kappa shape index (κ1) is 20.0. The van der Waals surface area contributed by atoms with Gasteiger partial charge in [-0.3, -0.25) is 9.59 Å². The second kappa shape index (κ2) is 8.12. The van der Waals surface area contributed by atoms with E-state index in [9.17, 15) is 9.59 Å². The number of carbonyl (C=O) groups excluding carboxylic acids is 2. The third kappa shape index (κ3) is 4.40. The zero-order valence-electron chi connectivity index (χ0n) is 17.0. The maximum atomic E-state index is 12.3. The smallest absolute Gasteiger partial charge is 0.305 e. The van der Waals surface area contributed by atoms with Crippen LogP contribution in [-0.4, -0.2) is 69.6 Å². The molecule has 2 aromatic heterocycles. The van der Waals surface area contributed by atoms with E-state index in [-0.39, 0.29) is 23.7 Å². The molecular formula is C19H28N6O3. The van der Waals surface area contributed by atoms with Crippen molar-refractivity contribution in [2.75, 3.05) is 38.2 Å². The zero-order valence-corrected chi connectivity index (χ0v) is 17.0. The standard InChI is InChI=1S/C19H28N6O3/c1-19(2,3)14-8-9-20-17-21-18(22-25(14)17)24-12-10-23(11-13-24)15(26)6-5-7-16(27)28-4/h8-9H,5-7,10-13H2,1-4H3. The van der Waals surface area contributed by atoms with Crippen molar-refractivity contribution in [1.82, 2.24) is 24.5 Å². The van der Waals surface area contributed by atoms with Gasteiger partial charge in [0, 0.05) is 50.6 Å². The monoisotopic (exact) mass is 388 g/mol. The van der Waals surface area contributed by atoms with Crippen molar-refractivity contribution in [2.45, 2.75) is 45.4 Å². The van der Waals surface area contributed by atoms with Crippen LogP contribution in [0.4, 0.5) is 5.95 Å². The second-order valence-electron chi connectivity index (χ2n) is 8.00. The van der Waals surface area contributed by atoms with Gasteiger partial charge in [-0.25, -0.2) is 4.98 Å². The van der Waals surface area contributed by atoms with Crippen molar-refractivity contribution < 1.29 is 14.3 Å². The molecule has 0 atom stereocenters. The summed E-state index contributed by atoms with van der Waals surface area (Å²) >= 11 is 0. The van der Waals surface area contributed by atoms with Crippen molar-refractivity contribution in [3.05, 3.63) is 18.0 Å². The molecule has 3 heterocycles. The topological polar surface area (TPSA) is 92.9 Å². The number of aromatic nitrogens is 4. The molecule has 0 unspecified atom stereocenters. The predicted octanol–water partition coefficient (Wildman–Crippen LogP) is 1.41. The van der Waals surface area contributed by atoms with E-state index in [0.29, 0.717) is 50.7 Å². The van der Waals surface area contributed by atoms with Crippen molar-refractivity contribution in [1.29, 1.82) is 0 Å². The van der Waals surface area contributed by atoms with Gasteiger partial charge < -0.3 is 14.5 Å². The Kier molecular flexibility index (Phi) is 5.81. The second-order valence-corrected chi connectivity index (χ2v) is 8.00. The SMILES string of the molecule is COC(=O)CCCC(=O)N1CCN(c2nc3nccc(C(C)(C)C)n3n2)CC1. The van der Waals surface area contributed by atoms with Crippen LogP contribution < -0.4 is 4.90 Å². The van der Waals surface area contributed by atoms with E-state index in [1.165, 1.54) is 7.11 Å². The summed E-state index contributed by atoms with van der Waals surface area (Å²) in [5.41, 5.74) is 0.984. The molecular weight excluding hydrogens is 360 g/mol. The van der Waals surface area contributed by atoms with Gasteiger partial charge in [0.2, 0.25) is 11.9 Å². The Morgan fingerprint density at radius 3 is 2.50 bits per heavy atom. The molecule has 152 valence electrons. The molecule has 28 heavy (non-hydrogen) atoms. The molecule has 1 aliphatic rings. The number of amides is 1. The van der Waals surface area contributed by atoms with Crippen LogP contribution in [0.25, 0.3) is 5.78 Å². The Morgan fingerprint density at radius 2 is 1.86 bits per heavy atom. The summed E-state index contributed by atoms with van der Waals surface area (Å²) in [6.07, 6.45) is 2.91. The number of ether oxygens (including phenoxy) is 1. The number of rotatable bonds is 5. The van der Waals surface area contributed by atoms with E-state index in [1.807, 2.05) is 11.0 Å². The highest BCUT2D eigenvalue weighted by Crippen LogP contribution is 2.23. The summed E-state index contributed by atoms with van der Waals surface area (Å²) in [7, 11) is 1.36. The molecule has 0 bridgehead atoms. The van der Waals surface area contributed by atoms with Crippen LogP contribution in [0.1, 0.15) is 45.7 Å². The van der Waals surface area contributed by atoms with E-state index in [0.717, 1.165) is 5.69 Å². The van der Waals surface area contributed by atoms with Crippen molar-refractivity contribution in [2.24, 2.45) is 0 Å². The fraction of sp³-hybridized carbons (Fsp3) is 0.632. The van der Waals surface area contributed by atoms with Gasteiger partial charge in [-0.05, 0) is 12.5 Å². The van der Waals surface area contributed by atoms with Gasteiger partial charge >= 0.3 is 5.97 Å². The molecule has 1 aliphatic heterocycles. The minimum absolute atomic E-state index is 0.0680. The minimum Gasteiger partial charge on any atom is -0.469 e. The van der Waals surface area contributed by atoms with Crippen LogP contribution in [0.3, 0.4) is 0 Å². The van der Waals surface area contributed by atoms with Crippen molar-refractivity contribution in [3.63, 3.8) is 0 Å². The normalized spacial score (nSPS) is 15.1. The number of nitrogens with zero attached hydrogens (tertiary/aromatic N) is 6. The summed E-state index contributed by atoms with van der Waals surface area (Å²) in [6, 6.07) is 1.97.